The van der Waals surface area contributed by atoms with Gasteiger partial charge in [0.15, 0.2) is 0 Å². The van der Waals surface area contributed by atoms with Gasteiger partial charge in [-0.2, -0.15) is 0 Å². The summed E-state index contributed by atoms with van der Waals surface area (Å²) >= 11 is 1.81. The first-order valence-electron chi connectivity index (χ1n) is 5.30. The van der Waals surface area contributed by atoms with Crippen LogP contribution in [-0.2, 0) is 11.2 Å². The van der Waals surface area contributed by atoms with Gasteiger partial charge in [-0.15, -0.1) is 11.3 Å². The van der Waals surface area contributed by atoms with E-state index in [9.17, 15) is 0 Å². The molecule has 1 N–H and O–H groups in total. The Balaban J connectivity index is 1.93. The molecule has 0 amide bonds. The molecule has 1 heterocycles. The van der Waals surface area contributed by atoms with Crippen LogP contribution in [0.1, 0.15) is 11.3 Å². The molecule has 0 saturated carbocycles. The Labute approximate surface area is 96.0 Å². The number of hydrogen-bond acceptors (Lipinski definition) is 3. The molecule has 0 aliphatic rings. The van der Waals surface area contributed by atoms with Crippen molar-refractivity contribution in [3.05, 3.63) is 34.5 Å². The van der Waals surface area contributed by atoms with Gasteiger partial charge < -0.3 is 10.1 Å². The van der Waals surface area contributed by atoms with Gasteiger partial charge in [0.1, 0.15) is 0 Å². The van der Waals surface area contributed by atoms with Crippen LogP contribution < -0.4 is 5.32 Å². The minimum Gasteiger partial charge on any atom is -0.383 e. The molecular weight excluding hydrogens is 206 g/mol. The van der Waals surface area contributed by atoms with Gasteiger partial charge in [0.25, 0.3) is 0 Å². The predicted molar refractivity (Wildman–Crippen MR) is 66.5 cm³/mol. The summed E-state index contributed by atoms with van der Waals surface area (Å²) in [5, 5.41) is 5.43. The highest BCUT2D eigenvalue weighted by Gasteiger charge is 1.88. The lowest BCUT2D eigenvalue weighted by atomic mass is 10.3. The van der Waals surface area contributed by atoms with Crippen molar-refractivity contribution < 1.29 is 4.74 Å². The fraction of sp³-hybridized carbons (Fsp3) is 0.500. The molecule has 0 aliphatic heterocycles. The Morgan fingerprint density at radius 2 is 2.33 bits per heavy atom. The summed E-state index contributed by atoms with van der Waals surface area (Å²) in [5.41, 5.74) is 0. The van der Waals surface area contributed by atoms with E-state index in [0.717, 1.165) is 32.5 Å². The summed E-state index contributed by atoms with van der Waals surface area (Å²) in [7, 11) is 1.72. The minimum atomic E-state index is 0.791. The number of hydrogen-bond donors (Lipinski definition) is 1. The van der Waals surface area contributed by atoms with E-state index in [4.69, 9.17) is 4.74 Å². The van der Waals surface area contributed by atoms with E-state index in [1.165, 1.54) is 4.88 Å². The van der Waals surface area contributed by atoms with E-state index in [1.807, 2.05) is 11.3 Å². The summed E-state index contributed by atoms with van der Waals surface area (Å²) in [6.07, 6.45) is 6.63. The van der Waals surface area contributed by atoms with Gasteiger partial charge in [0.05, 0.1) is 6.61 Å². The van der Waals surface area contributed by atoms with Crippen molar-refractivity contribution in [1.82, 2.24) is 5.32 Å². The Kier molecular flexibility index (Phi) is 7.17. The van der Waals surface area contributed by atoms with E-state index in [0.29, 0.717) is 0 Å². The number of allylic oxidation sites excluding steroid dienone is 1. The van der Waals surface area contributed by atoms with Gasteiger partial charge in [0, 0.05) is 18.5 Å². The SMILES string of the molecule is COCCNCCC=CCc1cccs1. The molecule has 0 fully saturated rings. The largest absolute Gasteiger partial charge is 0.383 e. The summed E-state index contributed by atoms with van der Waals surface area (Å²) < 4.78 is 4.94. The van der Waals surface area contributed by atoms with Crippen LogP contribution >= 0.6 is 11.3 Å². The van der Waals surface area contributed by atoms with Crippen molar-refractivity contribution in [2.75, 3.05) is 26.8 Å². The molecule has 1 rings (SSSR count). The maximum absolute atomic E-state index is 4.94. The third-order valence-corrected chi connectivity index (χ3v) is 2.94. The molecule has 0 atom stereocenters. The second-order valence-corrected chi connectivity index (χ2v) is 4.32. The minimum absolute atomic E-state index is 0.791. The standard InChI is InChI=1S/C12H19NOS/c1-14-10-9-13-8-4-2-3-6-12-7-5-11-15-12/h2-3,5,7,11,13H,4,6,8-10H2,1H3. The van der Waals surface area contributed by atoms with Crippen LogP contribution in [0.3, 0.4) is 0 Å². The molecule has 0 spiro atoms. The van der Waals surface area contributed by atoms with E-state index in [2.05, 4.69) is 35.0 Å². The summed E-state index contributed by atoms with van der Waals surface area (Å²) in [4.78, 5) is 1.43. The highest BCUT2D eigenvalue weighted by atomic mass is 32.1. The molecule has 2 nitrogen and oxygen atoms in total. The topological polar surface area (TPSA) is 21.3 Å². The predicted octanol–water partition coefficient (Wildman–Crippen LogP) is 2.47. The van der Waals surface area contributed by atoms with E-state index >= 15 is 0 Å². The summed E-state index contributed by atoms with van der Waals surface area (Å²) in [6, 6.07) is 4.27. The van der Waals surface area contributed by atoms with Crippen LogP contribution in [0.25, 0.3) is 0 Å². The number of thiophene rings is 1. The number of nitrogens with one attached hydrogen (secondary N) is 1. The normalized spacial score (nSPS) is 11.3. The number of methoxy groups -OCH3 is 1. The van der Waals surface area contributed by atoms with E-state index in [-0.39, 0.29) is 0 Å². The number of ether oxygens (including phenoxy) is 1. The molecule has 1 aromatic heterocycles. The second-order valence-electron chi connectivity index (χ2n) is 3.29. The lowest BCUT2D eigenvalue weighted by Crippen LogP contribution is -2.19. The molecule has 0 saturated heterocycles. The summed E-state index contributed by atoms with van der Waals surface area (Å²) in [6.45, 7) is 2.76. The molecule has 0 bridgehead atoms. The lowest BCUT2D eigenvalue weighted by Gasteiger charge is -2.00. The Morgan fingerprint density at radius 1 is 1.40 bits per heavy atom. The van der Waals surface area contributed by atoms with Crippen molar-refractivity contribution in [2.24, 2.45) is 0 Å². The maximum atomic E-state index is 4.94. The molecule has 15 heavy (non-hydrogen) atoms. The zero-order chi connectivity index (χ0) is 10.8. The molecule has 3 heteroatoms. The summed E-state index contributed by atoms with van der Waals surface area (Å²) in [5.74, 6) is 0. The maximum Gasteiger partial charge on any atom is 0.0587 e. The molecular formula is C12H19NOS. The Hall–Kier alpha value is -0.640. The molecule has 0 aromatic carbocycles. The first-order valence-corrected chi connectivity index (χ1v) is 6.18. The van der Waals surface area contributed by atoms with Gasteiger partial charge >= 0.3 is 0 Å². The van der Waals surface area contributed by atoms with Gasteiger partial charge in [0.2, 0.25) is 0 Å². The third-order valence-electron chi connectivity index (χ3n) is 2.04. The molecule has 0 aliphatic carbocycles. The van der Waals surface area contributed by atoms with Crippen LogP contribution in [0.5, 0.6) is 0 Å². The lowest BCUT2D eigenvalue weighted by molar-refractivity contribution is 0.199. The van der Waals surface area contributed by atoms with Crippen LogP contribution in [-0.4, -0.2) is 26.8 Å². The van der Waals surface area contributed by atoms with Crippen molar-refractivity contribution in [2.45, 2.75) is 12.8 Å². The Bertz CT molecular complexity index is 257. The van der Waals surface area contributed by atoms with Crippen LogP contribution in [0.2, 0.25) is 0 Å². The Morgan fingerprint density at radius 3 is 3.07 bits per heavy atom. The van der Waals surface area contributed by atoms with E-state index in [1.54, 1.807) is 7.11 Å². The monoisotopic (exact) mass is 225 g/mol. The molecule has 0 radical (unpaired) electrons. The fourth-order valence-electron chi connectivity index (χ4n) is 1.23. The zero-order valence-electron chi connectivity index (χ0n) is 9.24. The molecule has 0 unspecified atom stereocenters. The smallest absolute Gasteiger partial charge is 0.0587 e. The van der Waals surface area contributed by atoms with Crippen molar-refractivity contribution in [3.63, 3.8) is 0 Å². The van der Waals surface area contributed by atoms with Gasteiger partial charge in [-0.05, 0) is 30.8 Å². The average molecular weight is 225 g/mol. The van der Waals surface area contributed by atoms with Crippen LogP contribution in [0.15, 0.2) is 29.7 Å². The van der Waals surface area contributed by atoms with Gasteiger partial charge in [-0.1, -0.05) is 18.2 Å². The first kappa shape index (κ1) is 12.4. The molecule has 84 valence electrons. The van der Waals surface area contributed by atoms with Crippen molar-refractivity contribution in [1.29, 1.82) is 0 Å². The fourth-order valence-corrected chi connectivity index (χ4v) is 1.91. The second kappa shape index (κ2) is 8.65. The number of rotatable bonds is 8. The average Bonchev–Trinajstić information content (AvgIpc) is 2.75. The van der Waals surface area contributed by atoms with E-state index < -0.39 is 0 Å². The quantitative estimate of drug-likeness (QED) is 0.542. The van der Waals surface area contributed by atoms with Gasteiger partial charge in [-0.25, -0.2) is 0 Å². The van der Waals surface area contributed by atoms with Crippen molar-refractivity contribution >= 4 is 11.3 Å². The van der Waals surface area contributed by atoms with Crippen LogP contribution in [0, 0.1) is 0 Å². The highest BCUT2D eigenvalue weighted by Crippen LogP contribution is 2.09. The zero-order valence-corrected chi connectivity index (χ0v) is 10.1. The third kappa shape index (κ3) is 6.44. The first-order chi connectivity index (χ1) is 7.43. The van der Waals surface area contributed by atoms with Crippen molar-refractivity contribution in [3.8, 4) is 0 Å². The van der Waals surface area contributed by atoms with Crippen LogP contribution in [0.4, 0.5) is 0 Å². The van der Waals surface area contributed by atoms with Gasteiger partial charge in [-0.3, -0.25) is 0 Å². The molecule has 1 aromatic rings. The highest BCUT2D eigenvalue weighted by molar-refractivity contribution is 7.09.